The predicted octanol–water partition coefficient (Wildman–Crippen LogP) is 3.73. The van der Waals surface area contributed by atoms with Gasteiger partial charge in [-0.3, -0.25) is 14.9 Å². The van der Waals surface area contributed by atoms with Crippen molar-refractivity contribution in [2.75, 3.05) is 23.8 Å². The Morgan fingerprint density at radius 3 is 2.97 bits per heavy atom. The lowest BCUT2D eigenvalue weighted by Crippen LogP contribution is -2.17. The molecule has 2 aromatic heterocycles. The molecular weight excluding hydrogens is 406 g/mol. The van der Waals surface area contributed by atoms with Crippen molar-refractivity contribution in [2.45, 2.75) is 25.4 Å². The molecule has 3 heterocycles. The number of thiazole rings is 1. The van der Waals surface area contributed by atoms with E-state index in [2.05, 4.69) is 15.6 Å². The maximum atomic E-state index is 12.4. The highest BCUT2D eigenvalue weighted by Gasteiger charge is 2.16. The molecule has 1 aliphatic heterocycles. The predicted molar refractivity (Wildman–Crippen MR) is 112 cm³/mol. The molecule has 0 radical (unpaired) electrons. The van der Waals surface area contributed by atoms with E-state index in [-0.39, 0.29) is 30.1 Å². The van der Waals surface area contributed by atoms with E-state index in [1.807, 2.05) is 12.1 Å². The van der Waals surface area contributed by atoms with Crippen LogP contribution >= 0.6 is 11.3 Å². The summed E-state index contributed by atoms with van der Waals surface area (Å²) in [6.45, 7) is 1.29. The molecule has 0 unspecified atom stereocenters. The highest BCUT2D eigenvalue weighted by atomic mass is 32.1. The Bertz CT molecular complexity index is 996. The molecule has 3 aromatic rings. The van der Waals surface area contributed by atoms with Gasteiger partial charge in [-0.25, -0.2) is 4.98 Å². The summed E-state index contributed by atoms with van der Waals surface area (Å²) in [5.74, 6) is 0.289. The van der Waals surface area contributed by atoms with E-state index in [1.54, 1.807) is 29.6 Å². The Kier molecular flexibility index (Phi) is 6.41. The monoisotopic (exact) mass is 427 g/mol. The van der Waals surface area contributed by atoms with Crippen LogP contribution in [0.5, 0.6) is 5.75 Å². The zero-order valence-electron chi connectivity index (χ0n) is 16.1. The average molecular weight is 427 g/mol. The first-order chi connectivity index (χ1) is 14.7. The summed E-state index contributed by atoms with van der Waals surface area (Å²) in [6.07, 6.45) is 3.72. The van der Waals surface area contributed by atoms with Gasteiger partial charge in [0.15, 0.2) is 10.9 Å². The molecule has 0 bridgehead atoms. The number of benzene rings is 1. The molecule has 1 atom stereocenters. The number of nitrogens with one attached hydrogen (secondary N) is 2. The Labute approximate surface area is 177 Å². The largest absolute Gasteiger partial charge is 0.491 e. The van der Waals surface area contributed by atoms with Crippen LogP contribution in [0.1, 0.15) is 29.1 Å². The Morgan fingerprint density at radius 2 is 2.17 bits per heavy atom. The van der Waals surface area contributed by atoms with Gasteiger partial charge in [0.05, 0.1) is 24.5 Å². The number of hydrogen-bond acceptors (Lipinski definition) is 7. The van der Waals surface area contributed by atoms with E-state index in [0.29, 0.717) is 28.9 Å². The van der Waals surface area contributed by atoms with Crippen molar-refractivity contribution >= 4 is 34.0 Å². The zero-order valence-corrected chi connectivity index (χ0v) is 16.9. The molecule has 4 rings (SSSR count). The third kappa shape index (κ3) is 5.46. The molecule has 0 spiro atoms. The van der Waals surface area contributed by atoms with Gasteiger partial charge in [0, 0.05) is 23.7 Å². The summed E-state index contributed by atoms with van der Waals surface area (Å²) in [5, 5.41) is 7.63. The van der Waals surface area contributed by atoms with Gasteiger partial charge in [0.25, 0.3) is 5.91 Å². The minimum atomic E-state index is -0.384. The van der Waals surface area contributed by atoms with Crippen LogP contribution in [0.25, 0.3) is 0 Å². The minimum Gasteiger partial charge on any atom is -0.491 e. The first-order valence-corrected chi connectivity index (χ1v) is 10.5. The first-order valence-electron chi connectivity index (χ1n) is 9.59. The lowest BCUT2D eigenvalue weighted by Gasteiger charge is -2.12. The van der Waals surface area contributed by atoms with Crippen LogP contribution in [0, 0.1) is 0 Å². The standard InChI is InChI=1S/C21H21N3O5S/c25-19(11-15-13-30-21(23-15)24-20(26)18-7-3-9-28-18)22-14-4-1-5-16(10-14)29-12-17-6-2-8-27-17/h1,3-5,7,9-10,13,17H,2,6,8,11-12H2,(H,22,25)(H,23,24,26)/t17-/m0/s1. The summed E-state index contributed by atoms with van der Waals surface area (Å²) in [6, 6.07) is 10.4. The number of rotatable bonds is 8. The van der Waals surface area contributed by atoms with Crippen molar-refractivity contribution < 1.29 is 23.5 Å². The van der Waals surface area contributed by atoms with E-state index in [1.165, 1.54) is 17.6 Å². The average Bonchev–Trinajstić information content (AvgIpc) is 3.50. The molecule has 156 valence electrons. The second kappa shape index (κ2) is 9.55. The lowest BCUT2D eigenvalue weighted by molar-refractivity contribution is -0.115. The molecule has 2 amide bonds. The SMILES string of the molecule is O=C(Cc1csc(NC(=O)c2ccco2)n1)Nc1cccc(OC[C@@H]2CCCO2)c1. The second-order valence-electron chi connectivity index (χ2n) is 6.77. The third-order valence-electron chi connectivity index (χ3n) is 4.44. The van der Waals surface area contributed by atoms with Crippen molar-refractivity contribution in [2.24, 2.45) is 0 Å². The van der Waals surface area contributed by atoms with E-state index in [0.717, 1.165) is 19.4 Å². The minimum absolute atomic E-state index is 0.0914. The summed E-state index contributed by atoms with van der Waals surface area (Å²) >= 11 is 1.25. The molecular formula is C21H21N3O5S. The summed E-state index contributed by atoms with van der Waals surface area (Å²) in [5.41, 5.74) is 1.21. The molecule has 1 aliphatic rings. The normalized spacial score (nSPS) is 15.7. The quantitative estimate of drug-likeness (QED) is 0.568. The number of nitrogens with zero attached hydrogens (tertiary/aromatic N) is 1. The van der Waals surface area contributed by atoms with Crippen LogP contribution in [0.2, 0.25) is 0 Å². The highest BCUT2D eigenvalue weighted by molar-refractivity contribution is 7.14. The first kappa shape index (κ1) is 20.1. The molecule has 0 saturated carbocycles. The Balaban J connectivity index is 1.28. The number of ether oxygens (including phenoxy) is 2. The fraction of sp³-hybridized carbons (Fsp3) is 0.286. The van der Waals surface area contributed by atoms with Gasteiger partial charge in [-0.2, -0.15) is 0 Å². The number of anilines is 2. The van der Waals surface area contributed by atoms with Gasteiger partial charge in [0.2, 0.25) is 5.91 Å². The molecule has 1 aromatic carbocycles. The summed E-state index contributed by atoms with van der Waals surface area (Å²) in [4.78, 5) is 28.6. The van der Waals surface area contributed by atoms with Crippen LogP contribution in [0.4, 0.5) is 10.8 Å². The number of furan rings is 1. The molecule has 0 aliphatic carbocycles. The van der Waals surface area contributed by atoms with E-state index in [9.17, 15) is 9.59 Å². The molecule has 30 heavy (non-hydrogen) atoms. The Morgan fingerprint density at radius 1 is 1.23 bits per heavy atom. The Hall–Kier alpha value is -3.17. The van der Waals surface area contributed by atoms with E-state index < -0.39 is 0 Å². The highest BCUT2D eigenvalue weighted by Crippen LogP contribution is 2.21. The zero-order chi connectivity index (χ0) is 20.8. The van der Waals surface area contributed by atoms with Crippen molar-refractivity contribution in [3.8, 4) is 5.75 Å². The third-order valence-corrected chi connectivity index (χ3v) is 5.24. The van der Waals surface area contributed by atoms with Crippen molar-refractivity contribution in [1.29, 1.82) is 0 Å². The number of carbonyl (C=O) groups is 2. The van der Waals surface area contributed by atoms with Crippen LogP contribution < -0.4 is 15.4 Å². The number of carbonyl (C=O) groups excluding carboxylic acids is 2. The summed E-state index contributed by atoms with van der Waals surface area (Å²) < 4.78 is 16.4. The molecule has 1 saturated heterocycles. The van der Waals surface area contributed by atoms with E-state index in [4.69, 9.17) is 13.9 Å². The van der Waals surface area contributed by atoms with Crippen LogP contribution in [-0.4, -0.2) is 36.1 Å². The van der Waals surface area contributed by atoms with Gasteiger partial charge in [-0.1, -0.05) is 6.07 Å². The smallest absolute Gasteiger partial charge is 0.293 e. The number of hydrogen-bond donors (Lipinski definition) is 2. The van der Waals surface area contributed by atoms with Crippen LogP contribution in [0.15, 0.2) is 52.5 Å². The van der Waals surface area contributed by atoms with Gasteiger partial charge >= 0.3 is 0 Å². The fourth-order valence-electron chi connectivity index (χ4n) is 3.01. The maximum Gasteiger partial charge on any atom is 0.293 e. The maximum absolute atomic E-state index is 12.4. The van der Waals surface area contributed by atoms with Gasteiger partial charge in [-0.15, -0.1) is 11.3 Å². The molecule has 8 nitrogen and oxygen atoms in total. The van der Waals surface area contributed by atoms with Crippen molar-refractivity contribution in [3.05, 3.63) is 59.5 Å². The summed E-state index contributed by atoms with van der Waals surface area (Å²) in [7, 11) is 0. The fourth-order valence-corrected chi connectivity index (χ4v) is 3.72. The topological polar surface area (TPSA) is 103 Å². The number of amides is 2. The number of aromatic nitrogens is 1. The lowest BCUT2D eigenvalue weighted by atomic mass is 10.2. The molecule has 2 N–H and O–H groups in total. The van der Waals surface area contributed by atoms with Gasteiger partial charge < -0.3 is 19.2 Å². The van der Waals surface area contributed by atoms with E-state index >= 15 is 0 Å². The van der Waals surface area contributed by atoms with Crippen molar-refractivity contribution in [3.63, 3.8) is 0 Å². The second-order valence-corrected chi connectivity index (χ2v) is 7.63. The molecule has 1 fully saturated rings. The van der Waals surface area contributed by atoms with Gasteiger partial charge in [0.1, 0.15) is 12.4 Å². The molecule has 9 heteroatoms. The van der Waals surface area contributed by atoms with Crippen LogP contribution in [0.3, 0.4) is 0 Å². The van der Waals surface area contributed by atoms with Crippen molar-refractivity contribution in [1.82, 2.24) is 4.98 Å². The van der Waals surface area contributed by atoms with Gasteiger partial charge in [-0.05, 0) is 37.1 Å². The van der Waals surface area contributed by atoms with Crippen LogP contribution in [-0.2, 0) is 16.0 Å².